The molecule has 5 aromatic heterocycles. The van der Waals surface area contributed by atoms with Crippen LogP contribution in [0.25, 0.3) is 144 Å². The molecule has 0 atom stereocenters. The SMILES string of the molecule is FC(F)(F)c1ccc(-n2c3ccccc3c3c2ccc2c4ccccc4n(-c4ccccc4)c23)c(-c2nc(-c3ccccc3)nc(-c3cc(C(F)(F)F)ccc3-n3c4ccccc4c4c3ccc3c5ccccc5n(-c5ccccc5)c34)n2)c1. The molecule has 13 heteroatoms. The fraction of sp³-hybridized carbons (Fsp3) is 0.0282. The largest absolute Gasteiger partial charge is 0.416 e. The molecule has 5 heterocycles. The second-order valence-electron chi connectivity index (χ2n) is 20.9. The summed E-state index contributed by atoms with van der Waals surface area (Å²) in [7, 11) is 0. The van der Waals surface area contributed by atoms with Gasteiger partial charge in [0, 0.05) is 71.2 Å². The summed E-state index contributed by atoms with van der Waals surface area (Å²) in [5.41, 5.74) is 7.43. The Morgan fingerprint density at radius 2 is 0.619 bits per heavy atom. The third kappa shape index (κ3) is 7.44. The highest BCUT2D eigenvalue weighted by Gasteiger charge is 2.35. The van der Waals surface area contributed by atoms with E-state index in [4.69, 9.17) is 15.0 Å². The molecule has 0 saturated heterocycles. The molecule has 11 aromatic carbocycles. The van der Waals surface area contributed by atoms with E-state index in [-0.39, 0.29) is 28.6 Å². The molecular weight excluding hydrogens is 1060 g/mol. The lowest BCUT2D eigenvalue weighted by atomic mass is 10.0. The van der Waals surface area contributed by atoms with E-state index in [9.17, 15) is 0 Å². The minimum atomic E-state index is -4.82. The maximum absolute atomic E-state index is 15.4. The maximum atomic E-state index is 15.4. The van der Waals surface area contributed by atoms with Gasteiger partial charge in [-0.2, -0.15) is 26.3 Å². The number of rotatable bonds is 7. The molecule has 0 N–H and O–H groups in total. The van der Waals surface area contributed by atoms with Crippen molar-refractivity contribution in [3.63, 3.8) is 0 Å². The van der Waals surface area contributed by atoms with Gasteiger partial charge in [-0.15, -0.1) is 0 Å². The van der Waals surface area contributed by atoms with Gasteiger partial charge >= 0.3 is 12.4 Å². The van der Waals surface area contributed by atoms with Gasteiger partial charge in [0.05, 0.1) is 66.6 Å². The predicted molar refractivity (Wildman–Crippen MR) is 323 cm³/mol. The van der Waals surface area contributed by atoms with Crippen molar-refractivity contribution in [2.45, 2.75) is 12.4 Å². The molecule has 0 aliphatic rings. The molecule has 0 aliphatic heterocycles. The first-order valence-corrected chi connectivity index (χ1v) is 27.2. The van der Waals surface area contributed by atoms with Gasteiger partial charge < -0.3 is 18.3 Å². The predicted octanol–water partition coefficient (Wildman–Crippen LogP) is 19.3. The zero-order valence-electron chi connectivity index (χ0n) is 44.1. The van der Waals surface area contributed by atoms with Crippen molar-refractivity contribution in [3.05, 3.63) is 260 Å². The van der Waals surface area contributed by atoms with Crippen LogP contribution in [0.3, 0.4) is 0 Å². The number of para-hydroxylation sites is 6. The highest BCUT2D eigenvalue weighted by Crippen LogP contribution is 2.47. The molecule has 0 aliphatic carbocycles. The van der Waals surface area contributed by atoms with Crippen LogP contribution < -0.4 is 0 Å². The Morgan fingerprint density at radius 3 is 1.02 bits per heavy atom. The van der Waals surface area contributed by atoms with Gasteiger partial charge in [-0.3, -0.25) is 0 Å². The number of nitrogens with zero attached hydrogens (tertiary/aromatic N) is 7. The summed E-state index contributed by atoms with van der Waals surface area (Å²) >= 11 is 0. The Morgan fingerprint density at radius 1 is 0.274 bits per heavy atom. The standard InChI is InChI=1S/C71H41F6N7/c72-70(73,74)43-32-36-59(83-57-30-16-12-26-51(57)63-61(83)38-34-49-47-24-10-14-28-55(47)81(65(49)63)45-20-6-2-7-21-45)53(40-43)68-78-67(42-18-4-1-5-19-42)79-69(80-68)54-41-44(71(75,76)77)33-37-60(54)84-58-31-17-13-27-52(58)64-62(84)39-35-50-48-25-11-15-29-56(48)82(66(50)64)46-22-8-3-9-23-46/h1-41H. The maximum Gasteiger partial charge on any atom is 0.416 e. The van der Waals surface area contributed by atoms with Crippen LogP contribution in [0.5, 0.6) is 0 Å². The van der Waals surface area contributed by atoms with E-state index in [0.29, 0.717) is 39.0 Å². The highest BCUT2D eigenvalue weighted by atomic mass is 19.4. The third-order valence-electron chi connectivity index (χ3n) is 16.2. The molecule has 0 spiro atoms. The van der Waals surface area contributed by atoms with E-state index in [1.54, 1.807) is 30.3 Å². The smallest absolute Gasteiger partial charge is 0.309 e. The van der Waals surface area contributed by atoms with E-state index in [1.807, 2.05) is 167 Å². The second kappa shape index (κ2) is 18.4. The van der Waals surface area contributed by atoms with Gasteiger partial charge in [0.15, 0.2) is 17.5 Å². The summed E-state index contributed by atoms with van der Waals surface area (Å²) in [6.07, 6.45) is -9.64. The molecule has 0 amide bonds. The molecular formula is C71H41F6N7. The number of hydrogen-bond acceptors (Lipinski definition) is 3. The number of fused-ring (bicyclic) bond motifs is 14. The van der Waals surface area contributed by atoms with Gasteiger partial charge in [0.25, 0.3) is 0 Å². The number of alkyl halides is 6. The topological polar surface area (TPSA) is 58.4 Å². The number of aromatic nitrogens is 7. The van der Waals surface area contributed by atoms with Crippen LogP contribution in [0, 0.1) is 0 Å². The molecule has 16 aromatic rings. The number of benzene rings is 11. The lowest BCUT2D eigenvalue weighted by molar-refractivity contribution is -0.138. The Bertz CT molecular complexity index is 5030. The van der Waals surface area contributed by atoms with Gasteiger partial charge in [0.1, 0.15) is 0 Å². The fourth-order valence-corrected chi connectivity index (χ4v) is 12.7. The molecule has 0 unspecified atom stereocenters. The first kappa shape index (κ1) is 49.1. The van der Waals surface area contributed by atoms with Crippen LogP contribution in [-0.2, 0) is 12.4 Å². The van der Waals surface area contributed by atoms with Crippen LogP contribution in [0.4, 0.5) is 26.3 Å². The Balaban J connectivity index is 0.999. The van der Waals surface area contributed by atoms with E-state index < -0.39 is 23.5 Å². The van der Waals surface area contributed by atoms with Crippen LogP contribution in [0.15, 0.2) is 249 Å². The minimum Gasteiger partial charge on any atom is -0.309 e. The van der Waals surface area contributed by atoms with Crippen molar-refractivity contribution in [2.75, 3.05) is 0 Å². The highest BCUT2D eigenvalue weighted by molar-refractivity contribution is 6.28. The summed E-state index contributed by atoms with van der Waals surface area (Å²) < 4.78 is 100. The van der Waals surface area contributed by atoms with Gasteiger partial charge in [-0.05, 0) is 97.1 Å². The summed E-state index contributed by atoms with van der Waals surface area (Å²) in [6.45, 7) is 0. The molecule has 0 fully saturated rings. The third-order valence-corrected chi connectivity index (χ3v) is 16.2. The lowest BCUT2D eigenvalue weighted by Gasteiger charge is -2.19. The van der Waals surface area contributed by atoms with Crippen LogP contribution in [-0.4, -0.2) is 33.2 Å². The average Bonchev–Trinajstić information content (AvgIpc) is 1.61. The van der Waals surface area contributed by atoms with Gasteiger partial charge in [-0.1, -0.05) is 152 Å². The van der Waals surface area contributed by atoms with E-state index in [1.165, 1.54) is 12.1 Å². The Labute approximate surface area is 473 Å². The minimum absolute atomic E-state index is 0.0291. The Kier molecular flexibility index (Phi) is 10.7. The average molecular weight is 1110 g/mol. The first-order valence-electron chi connectivity index (χ1n) is 27.2. The van der Waals surface area contributed by atoms with Crippen LogP contribution >= 0.6 is 0 Å². The van der Waals surface area contributed by atoms with E-state index >= 15 is 26.3 Å². The van der Waals surface area contributed by atoms with Crippen molar-refractivity contribution in [3.8, 4) is 56.9 Å². The van der Waals surface area contributed by atoms with E-state index in [2.05, 4.69) is 33.4 Å². The van der Waals surface area contributed by atoms with Crippen molar-refractivity contribution in [1.29, 1.82) is 0 Å². The fourth-order valence-electron chi connectivity index (χ4n) is 12.7. The van der Waals surface area contributed by atoms with Crippen molar-refractivity contribution in [1.82, 2.24) is 33.2 Å². The molecule has 0 bridgehead atoms. The summed E-state index contributed by atoms with van der Waals surface area (Å²) in [5.74, 6) is -0.343. The molecule has 7 nitrogen and oxygen atoms in total. The van der Waals surface area contributed by atoms with Crippen molar-refractivity contribution in [2.24, 2.45) is 0 Å². The zero-order valence-corrected chi connectivity index (χ0v) is 44.1. The van der Waals surface area contributed by atoms with Crippen LogP contribution in [0.1, 0.15) is 11.1 Å². The normalized spacial score (nSPS) is 12.4. The summed E-state index contributed by atoms with van der Waals surface area (Å²) in [4.78, 5) is 15.1. The number of halogens is 6. The van der Waals surface area contributed by atoms with Crippen LogP contribution in [0.2, 0.25) is 0 Å². The second-order valence-corrected chi connectivity index (χ2v) is 20.9. The number of hydrogen-bond donors (Lipinski definition) is 0. The summed E-state index contributed by atoms with van der Waals surface area (Å²) in [6, 6.07) is 75.8. The molecule has 402 valence electrons. The van der Waals surface area contributed by atoms with Gasteiger partial charge in [0.2, 0.25) is 0 Å². The monoisotopic (exact) mass is 1110 g/mol. The molecule has 16 rings (SSSR count). The van der Waals surface area contributed by atoms with Crippen molar-refractivity contribution >= 4 is 87.2 Å². The lowest BCUT2D eigenvalue weighted by Crippen LogP contribution is -2.10. The molecule has 0 saturated carbocycles. The Hall–Kier alpha value is -10.8. The first-order chi connectivity index (χ1) is 41.0. The van der Waals surface area contributed by atoms with Gasteiger partial charge in [-0.25, -0.2) is 15.0 Å². The molecule has 84 heavy (non-hydrogen) atoms. The quantitative estimate of drug-likeness (QED) is 0.149. The van der Waals surface area contributed by atoms with Crippen molar-refractivity contribution < 1.29 is 26.3 Å². The van der Waals surface area contributed by atoms with E-state index in [0.717, 1.165) is 101 Å². The zero-order chi connectivity index (χ0) is 56.6. The molecule has 0 radical (unpaired) electrons. The summed E-state index contributed by atoms with van der Waals surface area (Å²) in [5, 5.41) is 7.40.